The predicted octanol–water partition coefficient (Wildman–Crippen LogP) is 4.44. The number of nitrogen functional groups attached to an aromatic ring is 1. The average Bonchev–Trinajstić information content (AvgIpc) is 3.39. The van der Waals surface area contributed by atoms with E-state index >= 15 is 4.39 Å². The lowest BCUT2D eigenvalue weighted by molar-refractivity contribution is 0.0761. The van der Waals surface area contributed by atoms with Gasteiger partial charge in [-0.05, 0) is 69.0 Å². The van der Waals surface area contributed by atoms with E-state index in [0.717, 1.165) is 42.2 Å². The summed E-state index contributed by atoms with van der Waals surface area (Å²) in [7, 11) is 0. The summed E-state index contributed by atoms with van der Waals surface area (Å²) in [4.78, 5) is 30.6. The van der Waals surface area contributed by atoms with Gasteiger partial charge < -0.3 is 10.6 Å². The summed E-state index contributed by atoms with van der Waals surface area (Å²) in [5.41, 5.74) is 9.51. The Kier molecular flexibility index (Phi) is 6.96. The minimum atomic E-state index is -0.536. The standard InChI is InChI=1S/C28H33FN6O/c1-3-24-26(20-5-7-25(30)31-15-20)27(33-17-32-24)19-4-6-22(23(29)14-19)28(36)35-13-10-21(16-35)34-11-8-18(2)9-12-34/h4-7,14-15,17-18,21H,3,8-13,16H2,1-2H3,(H2,30,31). The van der Waals surface area contributed by atoms with E-state index in [4.69, 9.17) is 5.73 Å². The van der Waals surface area contributed by atoms with Crippen molar-refractivity contribution in [2.45, 2.75) is 45.6 Å². The maximum atomic E-state index is 15.4. The topological polar surface area (TPSA) is 88.2 Å². The smallest absolute Gasteiger partial charge is 0.256 e. The van der Waals surface area contributed by atoms with Crippen LogP contribution in [-0.4, -0.2) is 62.9 Å². The first-order chi connectivity index (χ1) is 17.4. The molecule has 0 bridgehead atoms. The number of carbonyl (C=O) groups excluding carboxylic acids is 1. The number of aromatic nitrogens is 3. The summed E-state index contributed by atoms with van der Waals surface area (Å²) in [5.74, 6) is 0.411. The molecule has 0 radical (unpaired) electrons. The van der Waals surface area contributed by atoms with E-state index in [9.17, 15) is 4.79 Å². The van der Waals surface area contributed by atoms with E-state index in [0.29, 0.717) is 42.6 Å². The summed E-state index contributed by atoms with van der Waals surface area (Å²) in [6.45, 7) is 7.80. The van der Waals surface area contributed by atoms with Crippen LogP contribution >= 0.6 is 0 Å². The fourth-order valence-corrected chi connectivity index (χ4v) is 5.39. The molecule has 2 N–H and O–H groups in total. The maximum Gasteiger partial charge on any atom is 0.256 e. The molecular formula is C28H33FN6O. The molecule has 2 fully saturated rings. The van der Waals surface area contributed by atoms with Gasteiger partial charge in [-0.25, -0.2) is 19.3 Å². The number of likely N-dealkylation sites (tertiary alicyclic amines) is 2. The molecule has 2 aliphatic rings. The molecule has 0 saturated carbocycles. The first-order valence-corrected chi connectivity index (χ1v) is 12.8. The minimum Gasteiger partial charge on any atom is -0.384 e. The number of rotatable bonds is 5. The van der Waals surface area contributed by atoms with Crippen LogP contribution in [0.5, 0.6) is 0 Å². The molecule has 4 heterocycles. The van der Waals surface area contributed by atoms with Crippen LogP contribution < -0.4 is 5.73 Å². The average molecular weight is 489 g/mol. The summed E-state index contributed by atoms with van der Waals surface area (Å²) in [5, 5.41) is 0. The molecule has 0 spiro atoms. The molecular weight excluding hydrogens is 455 g/mol. The molecule has 0 aliphatic carbocycles. The number of pyridine rings is 1. The zero-order valence-electron chi connectivity index (χ0n) is 21.0. The molecule has 1 amide bonds. The number of halogens is 1. The van der Waals surface area contributed by atoms with Crippen molar-refractivity contribution in [1.82, 2.24) is 24.8 Å². The van der Waals surface area contributed by atoms with Crippen LogP contribution in [0.4, 0.5) is 10.2 Å². The molecule has 2 aliphatic heterocycles. The Morgan fingerprint density at radius 3 is 2.53 bits per heavy atom. The van der Waals surface area contributed by atoms with Crippen LogP contribution in [0, 0.1) is 11.7 Å². The van der Waals surface area contributed by atoms with Gasteiger partial charge in [0.05, 0.1) is 17.0 Å². The van der Waals surface area contributed by atoms with E-state index in [1.54, 1.807) is 29.3 Å². The molecule has 1 atom stereocenters. The third-order valence-electron chi connectivity index (χ3n) is 7.59. The SMILES string of the molecule is CCc1ncnc(-c2ccc(C(=O)N3CCC(N4CCC(C)CC4)C3)c(F)c2)c1-c1ccc(N)nc1. The first-order valence-electron chi connectivity index (χ1n) is 12.8. The molecule has 1 unspecified atom stereocenters. The Morgan fingerprint density at radius 1 is 1.06 bits per heavy atom. The minimum absolute atomic E-state index is 0.104. The summed E-state index contributed by atoms with van der Waals surface area (Å²) in [6.07, 6.45) is 7.21. The molecule has 5 rings (SSSR count). The fourth-order valence-electron chi connectivity index (χ4n) is 5.39. The summed E-state index contributed by atoms with van der Waals surface area (Å²) >= 11 is 0. The Labute approximate surface area is 211 Å². The molecule has 2 saturated heterocycles. The van der Waals surface area contributed by atoms with Gasteiger partial charge in [0.2, 0.25) is 0 Å². The molecule has 36 heavy (non-hydrogen) atoms. The van der Waals surface area contributed by atoms with Crippen molar-refractivity contribution in [3.8, 4) is 22.4 Å². The maximum absolute atomic E-state index is 15.4. The van der Waals surface area contributed by atoms with E-state index in [1.165, 1.54) is 25.2 Å². The number of amides is 1. The lowest BCUT2D eigenvalue weighted by Gasteiger charge is -2.34. The van der Waals surface area contributed by atoms with E-state index < -0.39 is 5.82 Å². The van der Waals surface area contributed by atoms with Crippen molar-refractivity contribution in [2.24, 2.45) is 5.92 Å². The highest BCUT2D eigenvalue weighted by atomic mass is 19.1. The number of benzene rings is 1. The lowest BCUT2D eigenvalue weighted by atomic mass is 9.97. The van der Waals surface area contributed by atoms with Crippen LogP contribution in [-0.2, 0) is 6.42 Å². The second kappa shape index (κ2) is 10.3. The lowest BCUT2D eigenvalue weighted by Crippen LogP contribution is -2.43. The monoisotopic (exact) mass is 488 g/mol. The number of piperidine rings is 1. The van der Waals surface area contributed by atoms with Crippen molar-refractivity contribution >= 4 is 11.7 Å². The summed E-state index contributed by atoms with van der Waals surface area (Å²) in [6, 6.07) is 8.72. The van der Waals surface area contributed by atoms with Gasteiger partial charge in [-0.2, -0.15) is 0 Å². The van der Waals surface area contributed by atoms with Crippen molar-refractivity contribution in [3.63, 3.8) is 0 Å². The normalized spacial score (nSPS) is 19.1. The summed E-state index contributed by atoms with van der Waals surface area (Å²) < 4.78 is 15.4. The zero-order valence-corrected chi connectivity index (χ0v) is 21.0. The zero-order chi connectivity index (χ0) is 25.2. The van der Waals surface area contributed by atoms with Gasteiger partial charge in [0.15, 0.2) is 0 Å². The molecule has 8 heteroatoms. The van der Waals surface area contributed by atoms with Crippen molar-refractivity contribution in [1.29, 1.82) is 0 Å². The third kappa shape index (κ3) is 4.82. The van der Waals surface area contributed by atoms with Crippen LogP contribution in [0.2, 0.25) is 0 Å². The number of nitrogens with two attached hydrogens (primary N) is 1. The van der Waals surface area contributed by atoms with Gasteiger partial charge in [-0.1, -0.05) is 19.9 Å². The number of carbonyl (C=O) groups is 1. The fraction of sp³-hybridized carbons (Fsp3) is 0.429. The third-order valence-corrected chi connectivity index (χ3v) is 7.59. The van der Waals surface area contributed by atoms with Crippen molar-refractivity contribution in [3.05, 3.63) is 59.9 Å². The molecule has 2 aromatic heterocycles. The number of hydrogen-bond acceptors (Lipinski definition) is 6. The van der Waals surface area contributed by atoms with Crippen LogP contribution in [0.15, 0.2) is 42.9 Å². The van der Waals surface area contributed by atoms with Gasteiger partial charge in [0.1, 0.15) is 18.0 Å². The van der Waals surface area contributed by atoms with Crippen LogP contribution in [0.3, 0.4) is 0 Å². The largest absolute Gasteiger partial charge is 0.384 e. The molecule has 3 aromatic rings. The quantitative estimate of drug-likeness (QED) is 0.571. The Hall–Kier alpha value is -3.39. The highest BCUT2D eigenvalue weighted by molar-refractivity contribution is 5.95. The molecule has 7 nitrogen and oxygen atoms in total. The van der Waals surface area contributed by atoms with Gasteiger partial charge >= 0.3 is 0 Å². The second-order valence-electron chi connectivity index (χ2n) is 9.98. The van der Waals surface area contributed by atoms with Crippen molar-refractivity contribution < 1.29 is 9.18 Å². The van der Waals surface area contributed by atoms with E-state index in [-0.39, 0.29) is 11.5 Å². The van der Waals surface area contributed by atoms with Gasteiger partial charge in [-0.3, -0.25) is 9.69 Å². The molecule has 188 valence electrons. The Bertz CT molecular complexity index is 1240. The number of hydrogen-bond donors (Lipinski definition) is 1. The van der Waals surface area contributed by atoms with Crippen LogP contribution in [0.25, 0.3) is 22.4 Å². The first kappa shape index (κ1) is 24.3. The van der Waals surface area contributed by atoms with Crippen molar-refractivity contribution in [2.75, 3.05) is 31.9 Å². The highest BCUT2D eigenvalue weighted by Gasteiger charge is 2.33. The second-order valence-corrected chi connectivity index (χ2v) is 9.98. The molecule has 1 aromatic carbocycles. The van der Waals surface area contributed by atoms with E-state index in [2.05, 4.69) is 26.8 Å². The highest BCUT2D eigenvalue weighted by Crippen LogP contribution is 2.34. The van der Waals surface area contributed by atoms with Gasteiger partial charge in [0, 0.05) is 42.0 Å². The van der Waals surface area contributed by atoms with Gasteiger partial charge in [-0.15, -0.1) is 0 Å². The predicted molar refractivity (Wildman–Crippen MR) is 139 cm³/mol. The van der Waals surface area contributed by atoms with Gasteiger partial charge in [0.25, 0.3) is 5.91 Å². The van der Waals surface area contributed by atoms with E-state index in [1.807, 2.05) is 13.0 Å². The Morgan fingerprint density at radius 2 is 1.83 bits per heavy atom. The number of aryl methyl sites for hydroxylation is 1. The Balaban J connectivity index is 1.38. The number of anilines is 1. The number of nitrogens with zero attached hydrogens (tertiary/aromatic N) is 5. The van der Waals surface area contributed by atoms with Crippen LogP contribution in [0.1, 0.15) is 49.2 Å².